The highest BCUT2D eigenvalue weighted by Gasteiger charge is 2.34. The molecule has 3 heterocycles. The van der Waals surface area contributed by atoms with Crippen molar-refractivity contribution in [3.63, 3.8) is 0 Å². The fourth-order valence-corrected chi connectivity index (χ4v) is 3.49. The van der Waals surface area contributed by atoms with Crippen LogP contribution in [-0.4, -0.2) is 34.6 Å². The molecule has 5 heteroatoms. The van der Waals surface area contributed by atoms with Crippen molar-refractivity contribution in [3.8, 4) is 11.4 Å². The van der Waals surface area contributed by atoms with Crippen LogP contribution < -0.4 is 4.90 Å². The molecule has 1 unspecified atom stereocenters. The minimum Gasteiger partial charge on any atom is -0.367 e. The first-order valence-electron chi connectivity index (χ1n) is 9.41. The van der Waals surface area contributed by atoms with Crippen LogP contribution in [0.4, 0.5) is 5.82 Å². The molecule has 1 fully saturated rings. The lowest BCUT2D eigenvalue weighted by Crippen LogP contribution is -2.48. The van der Waals surface area contributed by atoms with Crippen LogP contribution in [0.15, 0.2) is 60.9 Å². The van der Waals surface area contributed by atoms with Crippen LogP contribution in [0.25, 0.3) is 11.4 Å². The third kappa shape index (κ3) is 3.69. The topological polar surface area (TPSA) is 51.1 Å². The van der Waals surface area contributed by atoms with Gasteiger partial charge in [-0.3, -0.25) is 4.98 Å². The molecule has 0 amide bonds. The van der Waals surface area contributed by atoms with Crippen molar-refractivity contribution >= 4 is 5.82 Å². The van der Waals surface area contributed by atoms with E-state index in [1.54, 1.807) is 12.4 Å². The standard InChI is InChI=1S/C22H24N4O/c1-3-19-15-20(25-21(24-19)17-9-11-23-12-10-17)26-13-14-27-22(2,16-26)18-7-5-4-6-8-18/h4-12,15H,3,13-14,16H2,1-2H3. The van der Waals surface area contributed by atoms with Crippen molar-refractivity contribution in [1.29, 1.82) is 0 Å². The Morgan fingerprint density at radius 3 is 2.59 bits per heavy atom. The van der Waals surface area contributed by atoms with E-state index in [4.69, 9.17) is 14.7 Å². The van der Waals surface area contributed by atoms with Crippen LogP contribution in [0.5, 0.6) is 0 Å². The Morgan fingerprint density at radius 2 is 1.85 bits per heavy atom. The summed E-state index contributed by atoms with van der Waals surface area (Å²) in [5, 5.41) is 0. The van der Waals surface area contributed by atoms with Gasteiger partial charge in [-0.05, 0) is 31.0 Å². The summed E-state index contributed by atoms with van der Waals surface area (Å²) in [6, 6.07) is 16.4. The summed E-state index contributed by atoms with van der Waals surface area (Å²) in [6.45, 7) is 6.52. The third-order valence-corrected chi connectivity index (χ3v) is 5.05. The lowest BCUT2D eigenvalue weighted by atomic mass is 9.94. The fourth-order valence-electron chi connectivity index (χ4n) is 3.49. The summed E-state index contributed by atoms with van der Waals surface area (Å²) in [5.41, 5.74) is 2.86. The molecule has 3 aromatic rings. The highest BCUT2D eigenvalue weighted by Crippen LogP contribution is 2.32. The molecule has 1 saturated heterocycles. The number of hydrogen-bond acceptors (Lipinski definition) is 5. The largest absolute Gasteiger partial charge is 0.367 e. The van der Waals surface area contributed by atoms with Crippen LogP contribution in [0, 0.1) is 0 Å². The van der Waals surface area contributed by atoms with Gasteiger partial charge in [0.25, 0.3) is 0 Å². The van der Waals surface area contributed by atoms with Crippen molar-refractivity contribution < 1.29 is 4.74 Å². The number of anilines is 1. The molecular formula is C22H24N4O. The summed E-state index contributed by atoms with van der Waals surface area (Å²) in [6.07, 6.45) is 4.42. The second-order valence-electron chi connectivity index (χ2n) is 7.00. The first-order chi connectivity index (χ1) is 13.2. The molecule has 0 spiro atoms. The van der Waals surface area contributed by atoms with Crippen molar-refractivity contribution in [2.45, 2.75) is 25.9 Å². The molecule has 0 N–H and O–H groups in total. The minimum absolute atomic E-state index is 0.354. The van der Waals surface area contributed by atoms with Crippen LogP contribution in [-0.2, 0) is 16.8 Å². The number of nitrogens with zero attached hydrogens (tertiary/aromatic N) is 4. The normalized spacial score (nSPS) is 19.9. The van der Waals surface area contributed by atoms with Crippen molar-refractivity contribution in [2.75, 3.05) is 24.6 Å². The molecule has 1 aliphatic heterocycles. The number of aryl methyl sites for hydroxylation is 1. The van der Waals surface area contributed by atoms with Gasteiger partial charge in [0.15, 0.2) is 5.82 Å². The average molecular weight is 360 g/mol. The smallest absolute Gasteiger partial charge is 0.161 e. The van der Waals surface area contributed by atoms with Crippen molar-refractivity contribution in [1.82, 2.24) is 15.0 Å². The van der Waals surface area contributed by atoms with Crippen LogP contribution >= 0.6 is 0 Å². The van der Waals surface area contributed by atoms with Gasteiger partial charge in [-0.15, -0.1) is 0 Å². The molecule has 27 heavy (non-hydrogen) atoms. The zero-order chi connectivity index (χ0) is 18.7. The molecule has 0 bridgehead atoms. The SMILES string of the molecule is CCc1cc(N2CCOC(C)(c3ccccc3)C2)nc(-c2ccncc2)n1. The molecule has 0 radical (unpaired) electrons. The number of benzene rings is 1. The maximum atomic E-state index is 6.18. The van der Waals surface area contributed by atoms with Gasteiger partial charge in [-0.2, -0.15) is 0 Å². The predicted octanol–water partition coefficient (Wildman–Crippen LogP) is 3.85. The lowest BCUT2D eigenvalue weighted by Gasteiger charge is -2.41. The average Bonchev–Trinajstić information content (AvgIpc) is 2.74. The Kier molecular flexibility index (Phi) is 4.86. The van der Waals surface area contributed by atoms with E-state index in [1.165, 1.54) is 5.56 Å². The van der Waals surface area contributed by atoms with E-state index in [1.807, 2.05) is 18.2 Å². The summed E-state index contributed by atoms with van der Waals surface area (Å²) in [5.74, 6) is 1.71. The number of pyridine rings is 1. The quantitative estimate of drug-likeness (QED) is 0.707. The molecule has 1 aliphatic rings. The van der Waals surface area contributed by atoms with Crippen LogP contribution in [0.1, 0.15) is 25.1 Å². The van der Waals surface area contributed by atoms with Crippen LogP contribution in [0.2, 0.25) is 0 Å². The summed E-state index contributed by atoms with van der Waals surface area (Å²) in [4.78, 5) is 16.0. The molecule has 2 aromatic heterocycles. The summed E-state index contributed by atoms with van der Waals surface area (Å²) in [7, 11) is 0. The summed E-state index contributed by atoms with van der Waals surface area (Å²) >= 11 is 0. The van der Waals surface area contributed by atoms with Gasteiger partial charge in [0.2, 0.25) is 0 Å². The molecule has 5 nitrogen and oxygen atoms in total. The Balaban J connectivity index is 1.68. The van der Waals surface area contributed by atoms with Gasteiger partial charge in [0.1, 0.15) is 11.4 Å². The van der Waals surface area contributed by atoms with E-state index >= 15 is 0 Å². The highest BCUT2D eigenvalue weighted by molar-refractivity contribution is 5.57. The highest BCUT2D eigenvalue weighted by atomic mass is 16.5. The van der Waals surface area contributed by atoms with Gasteiger partial charge in [-0.25, -0.2) is 9.97 Å². The van der Waals surface area contributed by atoms with Crippen molar-refractivity contribution in [3.05, 3.63) is 72.2 Å². The number of ether oxygens (including phenoxy) is 1. The van der Waals surface area contributed by atoms with E-state index < -0.39 is 0 Å². The Labute approximate surface area is 160 Å². The van der Waals surface area contributed by atoms with E-state index in [0.717, 1.165) is 42.4 Å². The minimum atomic E-state index is -0.354. The molecule has 0 saturated carbocycles. The number of morpholine rings is 1. The Morgan fingerprint density at radius 1 is 1.07 bits per heavy atom. The Hall–Kier alpha value is -2.79. The first-order valence-corrected chi connectivity index (χ1v) is 9.41. The van der Waals surface area contributed by atoms with Crippen LogP contribution in [0.3, 0.4) is 0 Å². The van der Waals surface area contributed by atoms with E-state index in [0.29, 0.717) is 6.61 Å². The second kappa shape index (κ2) is 7.45. The third-order valence-electron chi connectivity index (χ3n) is 5.05. The van der Waals surface area contributed by atoms with Crippen molar-refractivity contribution in [2.24, 2.45) is 0 Å². The van der Waals surface area contributed by atoms with Gasteiger partial charge in [0.05, 0.1) is 13.2 Å². The van der Waals surface area contributed by atoms with E-state index in [-0.39, 0.29) is 5.60 Å². The monoisotopic (exact) mass is 360 g/mol. The molecule has 0 aliphatic carbocycles. The van der Waals surface area contributed by atoms with E-state index in [9.17, 15) is 0 Å². The second-order valence-corrected chi connectivity index (χ2v) is 7.00. The zero-order valence-corrected chi connectivity index (χ0v) is 15.8. The number of rotatable bonds is 4. The number of hydrogen-bond donors (Lipinski definition) is 0. The maximum absolute atomic E-state index is 6.18. The van der Waals surface area contributed by atoms with Gasteiger partial charge >= 0.3 is 0 Å². The Bertz CT molecular complexity index is 901. The first kappa shape index (κ1) is 17.6. The van der Waals surface area contributed by atoms with Gasteiger partial charge < -0.3 is 9.64 Å². The molecule has 138 valence electrons. The molecule has 1 atom stereocenters. The zero-order valence-electron chi connectivity index (χ0n) is 15.8. The van der Waals surface area contributed by atoms with E-state index in [2.05, 4.69) is 54.1 Å². The fraction of sp³-hybridized carbons (Fsp3) is 0.318. The maximum Gasteiger partial charge on any atom is 0.161 e. The van der Waals surface area contributed by atoms with Gasteiger partial charge in [0, 0.05) is 36.3 Å². The molecular weight excluding hydrogens is 336 g/mol. The molecule has 4 rings (SSSR count). The lowest BCUT2D eigenvalue weighted by molar-refractivity contribution is -0.0468. The number of aromatic nitrogens is 3. The van der Waals surface area contributed by atoms with Gasteiger partial charge in [-0.1, -0.05) is 37.3 Å². The summed E-state index contributed by atoms with van der Waals surface area (Å²) < 4.78 is 6.18. The predicted molar refractivity (Wildman–Crippen MR) is 107 cm³/mol. The molecule has 1 aromatic carbocycles.